The third-order valence-corrected chi connectivity index (χ3v) is 4.52. The Bertz CT molecular complexity index is 1190. The molecule has 4 rings (SSSR count). The fourth-order valence-corrected chi connectivity index (χ4v) is 3.01. The van der Waals surface area contributed by atoms with Crippen LogP contribution in [0.25, 0.3) is 28.0 Å². The van der Waals surface area contributed by atoms with Gasteiger partial charge < -0.3 is 5.73 Å². The van der Waals surface area contributed by atoms with E-state index in [4.69, 9.17) is 5.73 Å². The summed E-state index contributed by atoms with van der Waals surface area (Å²) in [6.07, 6.45) is -2.93. The maximum atomic E-state index is 13.0. The lowest BCUT2D eigenvalue weighted by molar-refractivity contribution is -0.141. The van der Waals surface area contributed by atoms with Crippen LogP contribution in [0.5, 0.6) is 0 Å². The maximum absolute atomic E-state index is 13.0. The molecule has 8 heteroatoms. The van der Waals surface area contributed by atoms with Gasteiger partial charge in [-0.1, -0.05) is 24.3 Å². The molecular formula is C21H18F3N5. The van der Waals surface area contributed by atoms with Crippen molar-refractivity contribution in [3.63, 3.8) is 0 Å². The first-order valence-electron chi connectivity index (χ1n) is 8.92. The molecule has 0 bridgehead atoms. The molecule has 0 spiro atoms. The van der Waals surface area contributed by atoms with Gasteiger partial charge in [0.25, 0.3) is 0 Å². The Hall–Kier alpha value is -3.26. The van der Waals surface area contributed by atoms with Crippen LogP contribution in [0.4, 0.5) is 13.2 Å². The van der Waals surface area contributed by atoms with Crippen molar-refractivity contribution in [3.8, 4) is 17.1 Å². The second-order valence-corrected chi connectivity index (χ2v) is 7.34. The van der Waals surface area contributed by atoms with Gasteiger partial charge in [0.2, 0.25) is 0 Å². The largest absolute Gasteiger partial charge is 0.433 e. The van der Waals surface area contributed by atoms with Crippen LogP contribution < -0.4 is 5.73 Å². The zero-order chi connectivity index (χ0) is 20.8. The van der Waals surface area contributed by atoms with Crippen LogP contribution >= 0.6 is 0 Å². The predicted molar refractivity (Wildman–Crippen MR) is 104 cm³/mol. The van der Waals surface area contributed by atoms with Gasteiger partial charge in [-0.25, -0.2) is 9.67 Å². The summed E-state index contributed by atoms with van der Waals surface area (Å²) in [4.78, 5) is 8.36. The first-order chi connectivity index (χ1) is 13.6. The highest BCUT2D eigenvalue weighted by molar-refractivity contribution is 5.84. The van der Waals surface area contributed by atoms with E-state index >= 15 is 0 Å². The minimum Gasteiger partial charge on any atom is -0.321 e. The highest BCUT2D eigenvalue weighted by Crippen LogP contribution is 2.29. The quantitative estimate of drug-likeness (QED) is 0.544. The van der Waals surface area contributed by atoms with Gasteiger partial charge in [-0.15, -0.1) is 0 Å². The molecule has 0 radical (unpaired) electrons. The number of fused-ring (bicyclic) bond motifs is 1. The van der Waals surface area contributed by atoms with Crippen molar-refractivity contribution >= 4 is 10.9 Å². The third kappa shape index (κ3) is 3.71. The summed E-state index contributed by atoms with van der Waals surface area (Å²) < 4.78 is 40.5. The Balaban J connectivity index is 1.83. The Morgan fingerprint density at radius 2 is 1.62 bits per heavy atom. The van der Waals surface area contributed by atoms with Crippen LogP contribution in [-0.4, -0.2) is 19.7 Å². The van der Waals surface area contributed by atoms with E-state index in [1.54, 1.807) is 6.20 Å². The van der Waals surface area contributed by atoms with Gasteiger partial charge in [-0.2, -0.15) is 18.3 Å². The third-order valence-electron chi connectivity index (χ3n) is 4.52. The van der Waals surface area contributed by atoms with E-state index in [-0.39, 0.29) is 5.82 Å². The number of pyridine rings is 2. The smallest absolute Gasteiger partial charge is 0.321 e. The monoisotopic (exact) mass is 397 g/mol. The molecule has 0 saturated carbocycles. The molecule has 1 aromatic carbocycles. The van der Waals surface area contributed by atoms with E-state index in [1.165, 1.54) is 16.8 Å². The number of nitrogens with two attached hydrogens (primary N) is 1. The van der Waals surface area contributed by atoms with Gasteiger partial charge in [-0.3, -0.25) is 4.98 Å². The number of hydrogen-bond acceptors (Lipinski definition) is 4. The molecule has 148 valence electrons. The number of aromatic nitrogens is 4. The van der Waals surface area contributed by atoms with Crippen molar-refractivity contribution < 1.29 is 13.2 Å². The Labute approximate surface area is 165 Å². The summed E-state index contributed by atoms with van der Waals surface area (Å²) in [5.41, 5.74) is 7.48. The van der Waals surface area contributed by atoms with Gasteiger partial charge in [0.1, 0.15) is 5.69 Å². The number of alkyl halides is 3. The highest BCUT2D eigenvalue weighted by atomic mass is 19.4. The first kappa shape index (κ1) is 19.1. The average molecular weight is 397 g/mol. The van der Waals surface area contributed by atoms with E-state index in [1.807, 2.05) is 50.2 Å². The van der Waals surface area contributed by atoms with Crippen LogP contribution in [0.15, 0.2) is 60.8 Å². The summed E-state index contributed by atoms with van der Waals surface area (Å²) in [7, 11) is 0. The summed E-state index contributed by atoms with van der Waals surface area (Å²) >= 11 is 0. The lowest BCUT2D eigenvalue weighted by atomic mass is 10.0. The molecule has 0 aliphatic rings. The summed E-state index contributed by atoms with van der Waals surface area (Å²) in [5.74, 6) is 0.0942. The van der Waals surface area contributed by atoms with Gasteiger partial charge in [-0.05, 0) is 44.2 Å². The second kappa shape index (κ2) is 6.66. The molecule has 2 N–H and O–H groups in total. The molecule has 0 atom stereocenters. The van der Waals surface area contributed by atoms with Crippen LogP contribution in [-0.2, 0) is 11.7 Å². The predicted octanol–water partition coefficient (Wildman–Crippen LogP) is 4.70. The number of halogens is 3. The Morgan fingerprint density at radius 3 is 2.34 bits per heavy atom. The van der Waals surface area contributed by atoms with Gasteiger partial charge in [0, 0.05) is 10.9 Å². The number of rotatable bonds is 3. The molecule has 0 unspecified atom stereocenters. The van der Waals surface area contributed by atoms with Crippen LogP contribution in [0, 0.1) is 0 Å². The molecule has 4 aromatic rings. The highest BCUT2D eigenvalue weighted by Gasteiger charge is 2.32. The Kier molecular flexibility index (Phi) is 4.38. The molecule has 3 heterocycles. The van der Waals surface area contributed by atoms with Crippen molar-refractivity contribution in [1.82, 2.24) is 19.7 Å². The van der Waals surface area contributed by atoms with Gasteiger partial charge in [0.15, 0.2) is 5.82 Å². The fraction of sp³-hybridized carbons (Fsp3) is 0.190. The van der Waals surface area contributed by atoms with E-state index in [2.05, 4.69) is 15.1 Å². The van der Waals surface area contributed by atoms with E-state index in [0.717, 1.165) is 22.7 Å². The molecule has 0 saturated heterocycles. The lowest BCUT2D eigenvalue weighted by Gasteiger charge is -2.18. The van der Waals surface area contributed by atoms with Crippen molar-refractivity contribution in [2.45, 2.75) is 25.6 Å². The summed E-state index contributed by atoms with van der Waals surface area (Å²) in [5, 5.41) is 5.01. The van der Waals surface area contributed by atoms with Crippen molar-refractivity contribution in [2.24, 2.45) is 5.73 Å². The van der Waals surface area contributed by atoms with Crippen molar-refractivity contribution in [1.29, 1.82) is 0 Å². The molecule has 5 nitrogen and oxygen atoms in total. The normalized spacial score (nSPS) is 12.5. The average Bonchev–Trinajstić information content (AvgIpc) is 3.10. The number of nitrogens with zero attached hydrogens (tertiary/aromatic N) is 4. The van der Waals surface area contributed by atoms with Gasteiger partial charge >= 0.3 is 6.18 Å². The molecule has 0 amide bonds. The minimum absolute atomic E-state index is 0.0942. The van der Waals surface area contributed by atoms with Crippen molar-refractivity contribution in [3.05, 3.63) is 72.2 Å². The van der Waals surface area contributed by atoms with Crippen LogP contribution in [0.2, 0.25) is 0 Å². The van der Waals surface area contributed by atoms with Crippen LogP contribution in [0.3, 0.4) is 0 Å². The fourth-order valence-electron chi connectivity index (χ4n) is 3.01. The SMILES string of the molecule is CC(C)(N)c1cccc(-c2ccc3cnn(-c4cccc(C(F)(F)F)n4)c3c2)n1. The van der Waals surface area contributed by atoms with E-state index < -0.39 is 17.4 Å². The molecule has 0 aliphatic carbocycles. The zero-order valence-corrected chi connectivity index (χ0v) is 15.8. The lowest BCUT2D eigenvalue weighted by Crippen LogP contribution is -2.29. The van der Waals surface area contributed by atoms with Crippen LogP contribution in [0.1, 0.15) is 25.2 Å². The van der Waals surface area contributed by atoms with E-state index in [9.17, 15) is 13.2 Å². The molecule has 0 fully saturated rings. The second-order valence-electron chi connectivity index (χ2n) is 7.34. The number of benzene rings is 1. The molecule has 0 aliphatic heterocycles. The summed E-state index contributed by atoms with van der Waals surface area (Å²) in [6, 6.07) is 14.9. The van der Waals surface area contributed by atoms with Crippen molar-refractivity contribution in [2.75, 3.05) is 0 Å². The number of hydrogen-bond donors (Lipinski definition) is 1. The minimum atomic E-state index is -4.52. The maximum Gasteiger partial charge on any atom is 0.433 e. The van der Waals surface area contributed by atoms with Gasteiger partial charge in [0.05, 0.1) is 28.6 Å². The molecular weight excluding hydrogens is 379 g/mol. The topological polar surface area (TPSA) is 69.6 Å². The zero-order valence-electron chi connectivity index (χ0n) is 15.8. The summed E-state index contributed by atoms with van der Waals surface area (Å²) in [6.45, 7) is 3.74. The standard InChI is InChI=1S/C21H18F3N5/c1-20(2,25)17-6-3-5-15(27-17)13-9-10-14-12-26-29(16(14)11-13)19-8-4-7-18(28-19)21(22,23)24/h3-12H,25H2,1-2H3. The molecule has 29 heavy (non-hydrogen) atoms. The molecule has 3 aromatic heterocycles. The first-order valence-corrected chi connectivity index (χ1v) is 8.92. The Morgan fingerprint density at radius 1 is 0.897 bits per heavy atom. The van der Waals surface area contributed by atoms with E-state index in [0.29, 0.717) is 11.2 Å².